The fourth-order valence-electron chi connectivity index (χ4n) is 3.47. The van der Waals surface area contributed by atoms with Crippen molar-refractivity contribution in [1.29, 1.82) is 0 Å². The van der Waals surface area contributed by atoms with E-state index >= 15 is 0 Å². The summed E-state index contributed by atoms with van der Waals surface area (Å²) >= 11 is 0. The molecule has 0 aromatic heterocycles. The first-order valence-corrected chi connectivity index (χ1v) is 8.71. The van der Waals surface area contributed by atoms with Crippen LogP contribution >= 0.6 is 0 Å². The lowest BCUT2D eigenvalue weighted by Crippen LogP contribution is -2.46. The molecule has 0 bridgehead atoms. The Morgan fingerprint density at radius 3 is 2.62 bits per heavy atom. The van der Waals surface area contributed by atoms with Crippen molar-refractivity contribution in [2.75, 3.05) is 26.2 Å². The molecule has 132 valence electrons. The molecule has 2 aliphatic rings. The Balaban J connectivity index is 1.44. The second kappa shape index (κ2) is 7.94. The van der Waals surface area contributed by atoms with Crippen LogP contribution in [0.25, 0.3) is 0 Å². The van der Waals surface area contributed by atoms with Crippen LogP contribution in [0.3, 0.4) is 0 Å². The van der Waals surface area contributed by atoms with Gasteiger partial charge in [-0.25, -0.2) is 9.18 Å². The molecule has 3 rings (SSSR count). The molecule has 2 aliphatic heterocycles. The summed E-state index contributed by atoms with van der Waals surface area (Å²) in [4.78, 5) is 14.0. The molecular formula is C18H25FN2O3. The van der Waals surface area contributed by atoms with E-state index in [0.29, 0.717) is 19.6 Å². The Kier molecular flexibility index (Phi) is 5.68. The number of piperidine rings is 1. The van der Waals surface area contributed by atoms with Gasteiger partial charge in [0.1, 0.15) is 5.82 Å². The molecule has 1 aromatic rings. The number of nitrogens with one attached hydrogen (secondary N) is 1. The number of likely N-dealkylation sites (tertiary alicyclic amines) is 1. The highest BCUT2D eigenvalue weighted by atomic mass is 19.1. The zero-order valence-corrected chi connectivity index (χ0v) is 13.8. The van der Waals surface area contributed by atoms with Gasteiger partial charge in [0, 0.05) is 26.2 Å². The van der Waals surface area contributed by atoms with E-state index in [1.165, 1.54) is 12.1 Å². The number of aliphatic hydroxyl groups is 1. The van der Waals surface area contributed by atoms with E-state index < -0.39 is 6.10 Å². The molecule has 6 heteroatoms. The third kappa shape index (κ3) is 4.24. The van der Waals surface area contributed by atoms with Crippen LogP contribution in [0.5, 0.6) is 0 Å². The number of nitrogens with zero attached hydrogens (tertiary/aromatic N) is 1. The monoisotopic (exact) mass is 336 g/mol. The van der Waals surface area contributed by atoms with Crippen LogP contribution in [0.2, 0.25) is 0 Å². The number of amides is 2. The molecule has 0 spiro atoms. The summed E-state index contributed by atoms with van der Waals surface area (Å²) < 4.78 is 18.5. The fourth-order valence-corrected chi connectivity index (χ4v) is 3.47. The van der Waals surface area contributed by atoms with Gasteiger partial charge >= 0.3 is 6.03 Å². The van der Waals surface area contributed by atoms with Crippen LogP contribution in [0.15, 0.2) is 24.3 Å². The zero-order chi connectivity index (χ0) is 16.9. The van der Waals surface area contributed by atoms with Crippen LogP contribution < -0.4 is 5.32 Å². The topological polar surface area (TPSA) is 61.8 Å². The Hall–Kier alpha value is -1.66. The number of carbonyl (C=O) groups excluding carboxylic acids is 1. The molecule has 0 unspecified atom stereocenters. The van der Waals surface area contributed by atoms with Crippen LogP contribution in [-0.4, -0.2) is 48.4 Å². The predicted molar refractivity (Wildman–Crippen MR) is 88.0 cm³/mol. The van der Waals surface area contributed by atoms with E-state index in [0.717, 1.165) is 37.9 Å². The molecule has 0 radical (unpaired) electrons. The molecule has 2 heterocycles. The van der Waals surface area contributed by atoms with Gasteiger partial charge in [-0.05, 0) is 49.3 Å². The number of benzene rings is 1. The zero-order valence-electron chi connectivity index (χ0n) is 13.8. The highest BCUT2D eigenvalue weighted by molar-refractivity contribution is 5.74. The van der Waals surface area contributed by atoms with E-state index in [9.17, 15) is 14.3 Å². The maximum Gasteiger partial charge on any atom is 0.317 e. The van der Waals surface area contributed by atoms with Crippen molar-refractivity contribution < 1.29 is 19.0 Å². The van der Waals surface area contributed by atoms with Gasteiger partial charge in [0.25, 0.3) is 0 Å². The van der Waals surface area contributed by atoms with Gasteiger partial charge in [-0.15, -0.1) is 0 Å². The summed E-state index contributed by atoms with van der Waals surface area (Å²) in [5.74, 6) is -0.207. The van der Waals surface area contributed by atoms with Gasteiger partial charge in [-0.3, -0.25) is 0 Å². The Morgan fingerprint density at radius 1 is 1.29 bits per heavy atom. The molecule has 2 N–H and O–H groups in total. The summed E-state index contributed by atoms with van der Waals surface area (Å²) in [6.45, 7) is 2.60. The Morgan fingerprint density at radius 2 is 2.00 bits per heavy atom. The second-order valence-corrected chi connectivity index (χ2v) is 6.64. The number of urea groups is 1. The number of carbonyl (C=O) groups is 1. The van der Waals surface area contributed by atoms with Crippen molar-refractivity contribution in [3.8, 4) is 0 Å². The number of hydrogen-bond acceptors (Lipinski definition) is 3. The normalized spacial score (nSPS) is 23.2. The number of rotatable bonds is 4. The molecule has 2 atom stereocenters. The van der Waals surface area contributed by atoms with Gasteiger partial charge in [0.2, 0.25) is 0 Å². The van der Waals surface area contributed by atoms with E-state index in [1.54, 1.807) is 17.0 Å². The fraction of sp³-hybridized carbons (Fsp3) is 0.611. The summed E-state index contributed by atoms with van der Waals surface area (Å²) in [7, 11) is 0. The van der Waals surface area contributed by atoms with Crippen LogP contribution in [0.1, 0.15) is 37.4 Å². The number of ether oxygens (including phenoxy) is 1. The summed E-state index contributed by atoms with van der Waals surface area (Å²) in [6.07, 6.45) is 3.09. The lowest BCUT2D eigenvalue weighted by Gasteiger charge is -2.34. The minimum absolute atomic E-state index is 0.0554. The van der Waals surface area contributed by atoms with Crippen molar-refractivity contribution in [1.82, 2.24) is 10.2 Å². The molecular weight excluding hydrogens is 311 g/mol. The van der Waals surface area contributed by atoms with Gasteiger partial charge in [0.05, 0.1) is 12.2 Å². The van der Waals surface area contributed by atoms with E-state index in [-0.39, 0.29) is 23.9 Å². The van der Waals surface area contributed by atoms with E-state index in [4.69, 9.17) is 4.74 Å². The van der Waals surface area contributed by atoms with Crippen molar-refractivity contribution in [3.05, 3.63) is 35.6 Å². The van der Waals surface area contributed by atoms with Crippen LogP contribution in [-0.2, 0) is 4.74 Å². The van der Waals surface area contributed by atoms with Gasteiger partial charge in [-0.2, -0.15) is 0 Å². The largest absolute Gasteiger partial charge is 0.388 e. The molecule has 24 heavy (non-hydrogen) atoms. The molecule has 5 nitrogen and oxygen atoms in total. The molecule has 2 fully saturated rings. The minimum atomic E-state index is -0.609. The van der Waals surface area contributed by atoms with E-state index in [2.05, 4.69) is 5.32 Å². The van der Waals surface area contributed by atoms with Crippen LogP contribution in [0.4, 0.5) is 9.18 Å². The summed E-state index contributed by atoms with van der Waals surface area (Å²) in [5, 5.41) is 13.4. The Bertz CT molecular complexity index is 538. The van der Waals surface area contributed by atoms with Crippen molar-refractivity contribution in [2.45, 2.75) is 37.9 Å². The SMILES string of the molecule is O=C(NC[C@@H]1CCCO1)N1CCC([C@@H](O)c2ccc(F)cc2)CC1. The minimum Gasteiger partial charge on any atom is -0.388 e. The quantitative estimate of drug-likeness (QED) is 0.888. The third-order valence-corrected chi connectivity index (χ3v) is 4.99. The maximum absolute atomic E-state index is 13.0. The number of aliphatic hydroxyl groups excluding tert-OH is 1. The molecule has 0 aliphatic carbocycles. The van der Waals surface area contributed by atoms with Gasteiger partial charge in [0.15, 0.2) is 0 Å². The lowest BCUT2D eigenvalue weighted by atomic mass is 9.87. The van der Waals surface area contributed by atoms with Gasteiger partial charge < -0.3 is 20.1 Å². The Labute approximate surface area is 141 Å². The summed E-state index contributed by atoms with van der Waals surface area (Å²) in [6, 6.07) is 5.93. The average molecular weight is 336 g/mol. The maximum atomic E-state index is 13.0. The highest BCUT2D eigenvalue weighted by Crippen LogP contribution is 2.30. The third-order valence-electron chi connectivity index (χ3n) is 4.99. The molecule has 2 saturated heterocycles. The lowest BCUT2D eigenvalue weighted by molar-refractivity contribution is 0.0651. The van der Waals surface area contributed by atoms with Crippen molar-refractivity contribution in [3.63, 3.8) is 0 Å². The smallest absolute Gasteiger partial charge is 0.317 e. The van der Waals surface area contributed by atoms with Gasteiger partial charge in [-0.1, -0.05) is 12.1 Å². The number of hydrogen-bond donors (Lipinski definition) is 2. The predicted octanol–water partition coefficient (Wildman–Crippen LogP) is 2.46. The molecule has 0 saturated carbocycles. The first-order valence-electron chi connectivity index (χ1n) is 8.71. The van der Waals surface area contributed by atoms with Crippen LogP contribution in [0, 0.1) is 11.7 Å². The second-order valence-electron chi connectivity index (χ2n) is 6.64. The van der Waals surface area contributed by atoms with Crippen molar-refractivity contribution in [2.24, 2.45) is 5.92 Å². The first kappa shape index (κ1) is 17.2. The molecule has 2 amide bonds. The highest BCUT2D eigenvalue weighted by Gasteiger charge is 2.28. The number of halogens is 1. The first-order chi connectivity index (χ1) is 11.6. The van der Waals surface area contributed by atoms with Crippen molar-refractivity contribution >= 4 is 6.03 Å². The average Bonchev–Trinajstić information content (AvgIpc) is 3.13. The van der Waals surface area contributed by atoms with E-state index in [1.807, 2.05) is 0 Å². The molecule has 1 aromatic carbocycles. The summed E-state index contributed by atoms with van der Waals surface area (Å²) in [5.41, 5.74) is 0.734. The standard InChI is InChI=1S/C18H25FN2O3/c19-15-5-3-13(4-6-15)17(22)14-7-9-21(10-8-14)18(23)20-12-16-2-1-11-24-16/h3-6,14,16-17,22H,1-2,7-12H2,(H,20,23)/t16-,17-/m0/s1.